The third-order valence-electron chi connectivity index (χ3n) is 17.7. The summed E-state index contributed by atoms with van der Waals surface area (Å²) in [5.41, 5.74) is 24.0. The monoisotopic (exact) mass is 954 g/mol. The number of benzene rings is 8. The quantitative estimate of drug-likeness (QED) is 0.159. The van der Waals surface area contributed by atoms with Gasteiger partial charge in [0.15, 0.2) is 0 Å². The predicted molar refractivity (Wildman–Crippen MR) is 315 cm³/mol. The molecule has 0 radical (unpaired) electrons. The van der Waals surface area contributed by atoms with Gasteiger partial charge in [0.2, 0.25) is 0 Å². The Morgan fingerprint density at radius 1 is 0.397 bits per heavy atom. The highest BCUT2D eigenvalue weighted by atomic mass is 15.3. The highest BCUT2D eigenvalue weighted by Gasteiger charge is 2.57. The molecule has 0 amide bonds. The van der Waals surface area contributed by atoms with Gasteiger partial charge in [-0.1, -0.05) is 210 Å². The zero-order chi connectivity index (χ0) is 50.8. The first kappa shape index (κ1) is 47.2. The molecule has 0 saturated heterocycles. The van der Waals surface area contributed by atoms with Gasteiger partial charge in [0.1, 0.15) is 0 Å². The molecule has 0 spiro atoms. The summed E-state index contributed by atoms with van der Waals surface area (Å²) in [6, 6.07) is 68.3. The maximum Gasteiger partial charge on any atom is 0.252 e. The zero-order valence-corrected chi connectivity index (χ0v) is 45.2. The predicted octanol–water partition coefficient (Wildman–Crippen LogP) is 17.1. The van der Waals surface area contributed by atoms with Gasteiger partial charge in [-0.2, -0.15) is 0 Å². The van der Waals surface area contributed by atoms with Crippen LogP contribution in [0.3, 0.4) is 0 Å². The van der Waals surface area contributed by atoms with Crippen molar-refractivity contribution in [3.8, 4) is 22.3 Å². The summed E-state index contributed by atoms with van der Waals surface area (Å²) in [6.45, 7) is 26.3. The molecule has 1 fully saturated rings. The molecule has 366 valence electrons. The molecule has 1 aliphatic carbocycles. The van der Waals surface area contributed by atoms with E-state index >= 15 is 0 Å². The number of fused-ring (bicyclic) bond motifs is 7. The van der Waals surface area contributed by atoms with Crippen LogP contribution in [0.2, 0.25) is 0 Å². The van der Waals surface area contributed by atoms with Crippen LogP contribution in [0.15, 0.2) is 176 Å². The molecular weight excluding hydrogens is 882 g/mol. The van der Waals surface area contributed by atoms with Crippen LogP contribution in [0.5, 0.6) is 0 Å². The van der Waals surface area contributed by atoms with Gasteiger partial charge in [-0.25, -0.2) is 0 Å². The van der Waals surface area contributed by atoms with Gasteiger partial charge in [0.25, 0.3) is 6.71 Å². The van der Waals surface area contributed by atoms with E-state index in [0.29, 0.717) is 0 Å². The maximum atomic E-state index is 2.82. The number of hydrogen-bond donors (Lipinski definition) is 0. The molecule has 73 heavy (non-hydrogen) atoms. The van der Waals surface area contributed by atoms with Crippen molar-refractivity contribution in [1.29, 1.82) is 0 Å². The molecule has 4 heteroatoms. The molecule has 1 saturated carbocycles. The third kappa shape index (κ3) is 7.44. The van der Waals surface area contributed by atoms with Gasteiger partial charge in [-0.3, -0.25) is 0 Å². The van der Waals surface area contributed by atoms with Crippen molar-refractivity contribution in [3.63, 3.8) is 0 Å². The molecule has 8 aromatic rings. The standard InChI is InChI=1S/C69H72BN3/c1-65(2,3)48-34-37-57(52(41-48)46-25-15-12-16-26-46)71-60-32-22-20-30-55(60)70-56-36-33-50(67(7,8)9)43-61(56)72(58-38-35-49(66(4,5)6)42-53(58)47-27-17-13-18-28-47)63-45-51(44-62(71)64(63)70)73-59-31-21-19-29-54(59)68(10)39-23-14-24-40-69(68,73)11/h12-13,15-22,25-38,41-45H,14,23-24,39-40H2,1-11H3. The van der Waals surface area contributed by atoms with E-state index in [-0.39, 0.29) is 33.9 Å². The number of nitrogens with zero attached hydrogens (tertiary/aromatic N) is 3. The van der Waals surface area contributed by atoms with E-state index in [4.69, 9.17) is 0 Å². The Bertz CT molecular complexity index is 3440. The minimum atomic E-state index is -0.158. The average Bonchev–Trinajstić information content (AvgIpc) is 3.44. The second kappa shape index (κ2) is 16.9. The minimum Gasteiger partial charge on any atom is -0.334 e. The molecule has 0 N–H and O–H groups in total. The van der Waals surface area contributed by atoms with Crippen LogP contribution < -0.4 is 31.1 Å². The lowest BCUT2D eigenvalue weighted by Crippen LogP contribution is -2.61. The van der Waals surface area contributed by atoms with E-state index in [1.54, 1.807) is 0 Å². The van der Waals surface area contributed by atoms with Crippen molar-refractivity contribution in [2.45, 2.75) is 135 Å². The molecule has 0 aromatic heterocycles. The van der Waals surface area contributed by atoms with Crippen molar-refractivity contribution in [2.75, 3.05) is 14.7 Å². The average molecular weight is 954 g/mol. The number of anilines is 8. The van der Waals surface area contributed by atoms with Crippen LogP contribution in [-0.2, 0) is 21.7 Å². The van der Waals surface area contributed by atoms with E-state index in [0.717, 1.165) is 6.42 Å². The van der Waals surface area contributed by atoms with E-state index in [1.807, 2.05) is 0 Å². The first-order chi connectivity index (χ1) is 34.9. The van der Waals surface area contributed by atoms with Crippen molar-refractivity contribution >= 4 is 68.6 Å². The molecule has 0 bridgehead atoms. The summed E-state index contributed by atoms with van der Waals surface area (Å²) < 4.78 is 0. The fraction of sp³-hybridized carbons (Fsp3) is 0.304. The van der Waals surface area contributed by atoms with Crippen LogP contribution in [0, 0.1) is 0 Å². The molecule has 3 heterocycles. The second-order valence-electron chi connectivity index (χ2n) is 25.3. The number of rotatable bonds is 5. The van der Waals surface area contributed by atoms with Crippen molar-refractivity contribution in [2.24, 2.45) is 0 Å². The van der Waals surface area contributed by atoms with Gasteiger partial charge in [0.05, 0.1) is 16.9 Å². The summed E-state index contributed by atoms with van der Waals surface area (Å²) in [5, 5.41) is 0. The Balaban J connectivity index is 1.24. The third-order valence-corrected chi connectivity index (χ3v) is 17.7. The van der Waals surface area contributed by atoms with Crippen LogP contribution in [0.4, 0.5) is 45.5 Å². The lowest BCUT2D eigenvalue weighted by Gasteiger charge is -2.49. The lowest BCUT2D eigenvalue weighted by molar-refractivity contribution is 0.261. The van der Waals surface area contributed by atoms with E-state index in [2.05, 4.69) is 267 Å². The molecule has 2 atom stereocenters. The number of hydrogen-bond acceptors (Lipinski definition) is 3. The Kier molecular flexibility index (Phi) is 10.9. The van der Waals surface area contributed by atoms with E-state index in [9.17, 15) is 0 Å². The summed E-state index contributed by atoms with van der Waals surface area (Å²) in [5.74, 6) is 0. The number of para-hydroxylation sites is 2. The van der Waals surface area contributed by atoms with Crippen molar-refractivity contribution in [3.05, 3.63) is 198 Å². The molecule has 2 unspecified atom stereocenters. The lowest BCUT2D eigenvalue weighted by atomic mass is 9.33. The minimum absolute atomic E-state index is 0.0144. The Morgan fingerprint density at radius 3 is 1.44 bits per heavy atom. The van der Waals surface area contributed by atoms with E-state index in [1.165, 1.54) is 132 Å². The van der Waals surface area contributed by atoms with Crippen LogP contribution in [0.25, 0.3) is 22.3 Å². The summed E-state index contributed by atoms with van der Waals surface area (Å²) in [4.78, 5) is 8.17. The van der Waals surface area contributed by atoms with E-state index < -0.39 is 0 Å². The zero-order valence-electron chi connectivity index (χ0n) is 45.2. The molecular formula is C69H72BN3. The Hall–Kier alpha value is -6.78. The molecule has 8 aromatic carbocycles. The summed E-state index contributed by atoms with van der Waals surface area (Å²) in [6.07, 6.45) is 6.03. The molecule has 3 aliphatic heterocycles. The van der Waals surface area contributed by atoms with Gasteiger partial charge in [-0.15, -0.1) is 0 Å². The van der Waals surface area contributed by atoms with Gasteiger partial charge in [-0.05, 0) is 140 Å². The maximum absolute atomic E-state index is 2.82. The Labute approximate surface area is 437 Å². The summed E-state index contributed by atoms with van der Waals surface area (Å²) in [7, 11) is 0. The highest BCUT2D eigenvalue weighted by molar-refractivity contribution is 7.00. The first-order valence-electron chi connectivity index (χ1n) is 27.2. The SMILES string of the molecule is CC(C)(C)c1ccc(N2c3ccccc3B3c4ccc(C(C)(C)C)cc4N(c4ccc(C(C)(C)C)cc4-c4ccccc4)c4cc(N5c6ccccc6C6(C)CCCCCC56C)cc2c43)c(-c2ccccc2)c1. The molecule has 12 rings (SSSR count). The molecule has 3 nitrogen and oxygen atoms in total. The Morgan fingerprint density at radius 2 is 0.863 bits per heavy atom. The first-order valence-corrected chi connectivity index (χ1v) is 27.2. The van der Waals surface area contributed by atoms with Crippen molar-refractivity contribution < 1.29 is 0 Å². The van der Waals surface area contributed by atoms with Crippen LogP contribution in [0.1, 0.15) is 131 Å². The van der Waals surface area contributed by atoms with Gasteiger partial charge >= 0.3 is 0 Å². The molecule has 4 aliphatic rings. The van der Waals surface area contributed by atoms with Crippen LogP contribution >= 0.6 is 0 Å². The fourth-order valence-electron chi connectivity index (χ4n) is 13.4. The van der Waals surface area contributed by atoms with Gasteiger partial charge in [0, 0.05) is 50.7 Å². The largest absolute Gasteiger partial charge is 0.334 e. The topological polar surface area (TPSA) is 9.72 Å². The fourth-order valence-corrected chi connectivity index (χ4v) is 13.4. The smallest absolute Gasteiger partial charge is 0.252 e. The van der Waals surface area contributed by atoms with Gasteiger partial charge < -0.3 is 14.7 Å². The normalized spacial score (nSPS) is 19.2. The van der Waals surface area contributed by atoms with Crippen LogP contribution in [-0.4, -0.2) is 12.3 Å². The second-order valence-corrected chi connectivity index (χ2v) is 25.3. The van der Waals surface area contributed by atoms with Crippen molar-refractivity contribution in [1.82, 2.24) is 0 Å². The summed E-state index contributed by atoms with van der Waals surface area (Å²) >= 11 is 0. The highest BCUT2D eigenvalue weighted by Crippen LogP contribution is 2.61.